The summed E-state index contributed by atoms with van der Waals surface area (Å²) in [5.41, 5.74) is 2.28. The van der Waals surface area contributed by atoms with E-state index in [0.29, 0.717) is 22.2 Å². The third-order valence-corrected chi connectivity index (χ3v) is 5.71. The van der Waals surface area contributed by atoms with Crippen LogP contribution in [0.2, 0.25) is 10.0 Å². The molecule has 0 fully saturated rings. The molecule has 3 rings (SSSR count). The zero-order valence-corrected chi connectivity index (χ0v) is 18.1. The largest absolute Gasteiger partial charge is 0.478 e. The van der Waals surface area contributed by atoms with E-state index in [-0.39, 0.29) is 12.5 Å². The Hall–Kier alpha value is -2.70. The van der Waals surface area contributed by atoms with E-state index in [1.54, 1.807) is 31.2 Å². The zero-order valence-electron chi connectivity index (χ0n) is 16.5. The molecule has 0 saturated carbocycles. The summed E-state index contributed by atoms with van der Waals surface area (Å²) in [6.45, 7) is 4.00. The van der Waals surface area contributed by atoms with Gasteiger partial charge in [0.1, 0.15) is 0 Å². The van der Waals surface area contributed by atoms with Gasteiger partial charge in [-0.05, 0) is 43.2 Å². The van der Waals surface area contributed by atoms with E-state index in [9.17, 15) is 14.7 Å². The van der Waals surface area contributed by atoms with Crippen molar-refractivity contribution in [2.45, 2.75) is 31.7 Å². The van der Waals surface area contributed by atoms with Gasteiger partial charge in [0.2, 0.25) is 0 Å². The van der Waals surface area contributed by atoms with Gasteiger partial charge in [0.15, 0.2) is 0 Å². The molecule has 3 N–H and O–H groups in total. The summed E-state index contributed by atoms with van der Waals surface area (Å²) in [4.78, 5) is 23.1. The second-order valence-corrected chi connectivity index (χ2v) is 7.74. The molecule has 0 bridgehead atoms. The number of ether oxygens (including phenoxy) is 1. The molecule has 0 saturated heterocycles. The fourth-order valence-electron chi connectivity index (χ4n) is 3.93. The molecule has 0 aromatic heterocycles. The third kappa shape index (κ3) is 4.25. The number of hydrogen-bond acceptors (Lipinski definition) is 4. The van der Waals surface area contributed by atoms with Gasteiger partial charge >= 0.3 is 12.1 Å². The predicted molar refractivity (Wildman–Crippen MR) is 119 cm³/mol. The number of carbonyl (C=O) groups excluding carboxylic acids is 1. The highest BCUT2D eigenvalue weighted by atomic mass is 35.5. The quantitative estimate of drug-likeness (QED) is 0.470. The van der Waals surface area contributed by atoms with Crippen molar-refractivity contribution in [1.29, 1.82) is 0 Å². The molecule has 6 nitrogen and oxygen atoms in total. The third-order valence-electron chi connectivity index (χ3n) is 5.18. The summed E-state index contributed by atoms with van der Waals surface area (Å²) in [5, 5.41) is 16.4. The lowest BCUT2D eigenvalue weighted by Gasteiger charge is -2.35. The Kier molecular flexibility index (Phi) is 6.58. The van der Waals surface area contributed by atoms with E-state index in [0.717, 1.165) is 22.9 Å². The van der Waals surface area contributed by atoms with E-state index < -0.39 is 17.6 Å². The molecule has 2 aromatic carbocycles. The van der Waals surface area contributed by atoms with Gasteiger partial charge in [0.05, 0.1) is 12.1 Å². The van der Waals surface area contributed by atoms with Gasteiger partial charge in [-0.3, -0.25) is 5.32 Å². The first-order valence-corrected chi connectivity index (χ1v) is 10.3. The molecule has 30 heavy (non-hydrogen) atoms. The lowest BCUT2D eigenvalue weighted by molar-refractivity contribution is -0.131. The minimum atomic E-state index is -1.05. The highest BCUT2D eigenvalue weighted by Crippen LogP contribution is 2.54. The van der Waals surface area contributed by atoms with Crippen molar-refractivity contribution in [3.63, 3.8) is 0 Å². The molecule has 1 aliphatic heterocycles. The number of hydrogen-bond donors (Lipinski definition) is 3. The van der Waals surface area contributed by atoms with Crippen molar-refractivity contribution >= 4 is 46.6 Å². The Morgan fingerprint density at radius 3 is 2.70 bits per heavy atom. The average Bonchev–Trinajstić information content (AvgIpc) is 3.01. The Balaban J connectivity index is 2.11. The fourth-order valence-corrected chi connectivity index (χ4v) is 4.54. The summed E-state index contributed by atoms with van der Waals surface area (Å²) in [5.74, 6) is -1.41. The molecule has 1 amide bonds. The van der Waals surface area contributed by atoms with Gasteiger partial charge in [0.25, 0.3) is 0 Å². The zero-order chi connectivity index (χ0) is 21.9. The van der Waals surface area contributed by atoms with Crippen LogP contribution in [0.5, 0.6) is 0 Å². The first kappa shape index (κ1) is 22.0. The van der Waals surface area contributed by atoms with Gasteiger partial charge in [-0.2, -0.15) is 0 Å². The molecular weight excluding hydrogens is 427 g/mol. The fraction of sp³-hybridized carbons (Fsp3) is 0.273. The second kappa shape index (κ2) is 8.98. The molecule has 2 aromatic rings. The van der Waals surface area contributed by atoms with E-state index in [4.69, 9.17) is 27.9 Å². The number of fused-ring (bicyclic) bond motifs is 1. The molecule has 8 heteroatoms. The number of nitrogens with one attached hydrogen (secondary N) is 2. The van der Waals surface area contributed by atoms with Crippen LogP contribution in [0.25, 0.3) is 0 Å². The van der Waals surface area contributed by atoms with Crippen molar-refractivity contribution in [2.75, 3.05) is 17.2 Å². The van der Waals surface area contributed by atoms with Gasteiger partial charge < -0.3 is 15.2 Å². The van der Waals surface area contributed by atoms with Crippen molar-refractivity contribution < 1.29 is 19.4 Å². The lowest BCUT2D eigenvalue weighted by Crippen LogP contribution is -2.35. The van der Waals surface area contributed by atoms with Crippen LogP contribution >= 0.6 is 23.2 Å². The SMILES string of the molecule is CCOC(=O)Nc1cccc(C2(CC)Nc3cc(Cl)cc(Cl)c3C2C=CC(=O)O)c1. The standard InChI is InChI=1S/C22H22Cl2N2O4/c1-3-22(13-6-5-7-15(10-13)25-21(29)30-4-2)16(8-9-19(27)28)20-17(24)11-14(23)12-18(20)26-22/h5-12,16,26H,3-4H2,1-2H3,(H,25,29)(H,27,28). The number of anilines is 2. The maximum atomic E-state index is 11.8. The first-order chi connectivity index (χ1) is 14.3. The molecule has 1 aliphatic rings. The Labute approximate surface area is 184 Å². The molecule has 1 heterocycles. The van der Waals surface area contributed by atoms with Crippen LogP contribution in [0.15, 0.2) is 48.6 Å². The maximum absolute atomic E-state index is 11.8. The van der Waals surface area contributed by atoms with Gasteiger partial charge in [-0.1, -0.05) is 48.3 Å². The highest BCUT2D eigenvalue weighted by Gasteiger charge is 2.46. The highest BCUT2D eigenvalue weighted by molar-refractivity contribution is 6.35. The van der Waals surface area contributed by atoms with Crippen LogP contribution in [0.3, 0.4) is 0 Å². The molecule has 0 radical (unpaired) electrons. The second-order valence-electron chi connectivity index (χ2n) is 6.90. The van der Waals surface area contributed by atoms with E-state index in [2.05, 4.69) is 10.6 Å². The van der Waals surface area contributed by atoms with Crippen molar-refractivity contribution in [2.24, 2.45) is 0 Å². The monoisotopic (exact) mass is 448 g/mol. The number of carboxylic acid groups (broad SMARTS) is 1. The van der Waals surface area contributed by atoms with Crippen molar-refractivity contribution in [3.05, 3.63) is 69.7 Å². The van der Waals surface area contributed by atoms with Crippen LogP contribution < -0.4 is 10.6 Å². The van der Waals surface area contributed by atoms with Crippen LogP contribution in [-0.4, -0.2) is 23.8 Å². The minimum Gasteiger partial charge on any atom is -0.478 e. The number of carboxylic acids is 1. The van der Waals surface area contributed by atoms with E-state index in [1.165, 1.54) is 0 Å². The van der Waals surface area contributed by atoms with Gasteiger partial charge in [-0.15, -0.1) is 0 Å². The molecule has 2 atom stereocenters. The topological polar surface area (TPSA) is 87.7 Å². The molecular formula is C22H22Cl2N2O4. The van der Waals surface area contributed by atoms with E-state index in [1.807, 2.05) is 25.1 Å². The smallest absolute Gasteiger partial charge is 0.411 e. The number of benzene rings is 2. The minimum absolute atomic E-state index is 0.266. The average molecular weight is 449 g/mol. The molecule has 0 spiro atoms. The van der Waals surface area contributed by atoms with Gasteiger partial charge in [-0.25, -0.2) is 9.59 Å². The lowest BCUT2D eigenvalue weighted by atomic mass is 9.75. The van der Waals surface area contributed by atoms with Crippen LogP contribution in [0, 0.1) is 0 Å². The van der Waals surface area contributed by atoms with Gasteiger partial charge in [0, 0.05) is 39.0 Å². The number of rotatable bonds is 6. The van der Waals surface area contributed by atoms with E-state index >= 15 is 0 Å². The van der Waals surface area contributed by atoms with Crippen LogP contribution in [-0.2, 0) is 15.1 Å². The summed E-state index contributed by atoms with van der Waals surface area (Å²) >= 11 is 12.7. The summed E-state index contributed by atoms with van der Waals surface area (Å²) < 4.78 is 4.95. The Morgan fingerprint density at radius 2 is 2.03 bits per heavy atom. The molecule has 0 aliphatic carbocycles. The number of amides is 1. The Bertz CT molecular complexity index is 1010. The summed E-state index contributed by atoms with van der Waals surface area (Å²) in [6, 6.07) is 10.8. The summed E-state index contributed by atoms with van der Waals surface area (Å²) in [6.07, 6.45) is 2.83. The normalized spacial score (nSPS) is 19.9. The summed E-state index contributed by atoms with van der Waals surface area (Å²) in [7, 11) is 0. The van der Waals surface area contributed by atoms with Crippen molar-refractivity contribution in [3.8, 4) is 0 Å². The van der Waals surface area contributed by atoms with Crippen LogP contribution in [0.4, 0.5) is 16.2 Å². The number of aliphatic carboxylic acids is 1. The molecule has 2 unspecified atom stereocenters. The maximum Gasteiger partial charge on any atom is 0.411 e. The molecule has 158 valence electrons. The predicted octanol–water partition coefficient (Wildman–Crippen LogP) is 6.02. The number of halogens is 2. The van der Waals surface area contributed by atoms with Crippen LogP contribution in [0.1, 0.15) is 37.3 Å². The number of carbonyl (C=O) groups is 2. The first-order valence-electron chi connectivity index (χ1n) is 9.53. The Morgan fingerprint density at radius 1 is 1.27 bits per heavy atom. The van der Waals surface area contributed by atoms with Crippen molar-refractivity contribution in [1.82, 2.24) is 0 Å².